The number of thiocarbonyl (C=S) groups is 1. The molecule has 7 heteroatoms. The van der Waals surface area contributed by atoms with Crippen molar-refractivity contribution in [1.29, 1.82) is 0 Å². The van der Waals surface area contributed by atoms with Crippen LogP contribution in [0.1, 0.15) is 34.7 Å². The molecule has 1 saturated heterocycles. The second-order valence-corrected chi connectivity index (χ2v) is 8.73. The maximum Gasteiger partial charge on any atom is 0.174 e. The van der Waals surface area contributed by atoms with E-state index in [0.717, 1.165) is 39.8 Å². The highest BCUT2D eigenvalue weighted by Gasteiger charge is 2.42. The molecule has 5 rings (SSSR count). The first-order chi connectivity index (χ1) is 16.5. The Kier molecular flexibility index (Phi) is 5.79. The summed E-state index contributed by atoms with van der Waals surface area (Å²) in [5, 5.41) is 4.11. The van der Waals surface area contributed by atoms with Gasteiger partial charge in [-0.1, -0.05) is 18.2 Å². The molecule has 1 N–H and O–H groups in total. The van der Waals surface area contributed by atoms with Crippen LogP contribution in [0.15, 0.2) is 79.0 Å². The lowest BCUT2D eigenvalue weighted by Gasteiger charge is -2.28. The molecule has 2 atom stereocenters. The van der Waals surface area contributed by atoms with Gasteiger partial charge in [-0.3, -0.25) is 4.98 Å². The highest BCUT2D eigenvalue weighted by Crippen LogP contribution is 2.44. The summed E-state index contributed by atoms with van der Waals surface area (Å²) >= 11 is 5.84. The van der Waals surface area contributed by atoms with Crippen molar-refractivity contribution in [2.24, 2.45) is 0 Å². The number of nitrogens with one attached hydrogen (secondary N) is 1. The van der Waals surface area contributed by atoms with Crippen molar-refractivity contribution < 1.29 is 9.13 Å². The smallest absolute Gasteiger partial charge is 0.174 e. The number of ether oxygens (including phenoxy) is 1. The fourth-order valence-electron chi connectivity index (χ4n) is 4.81. The topological polar surface area (TPSA) is 42.3 Å². The van der Waals surface area contributed by atoms with E-state index in [4.69, 9.17) is 17.0 Å². The first kappa shape index (κ1) is 22.1. The molecule has 5 nitrogen and oxygen atoms in total. The Morgan fingerprint density at radius 1 is 0.971 bits per heavy atom. The van der Waals surface area contributed by atoms with Gasteiger partial charge in [-0.05, 0) is 80.2 Å². The van der Waals surface area contributed by atoms with Gasteiger partial charge >= 0.3 is 0 Å². The van der Waals surface area contributed by atoms with Crippen LogP contribution in [-0.2, 0) is 0 Å². The Bertz CT molecular complexity index is 1350. The number of pyridine rings is 1. The van der Waals surface area contributed by atoms with Gasteiger partial charge in [-0.2, -0.15) is 0 Å². The lowest BCUT2D eigenvalue weighted by Crippen LogP contribution is -2.29. The average molecular weight is 473 g/mol. The lowest BCUT2D eigenvalue weighted by molar-refractivity contribution is 0.415. The Hall–Kier alpha value is -3.71. The van der Waals surface area contributed by atoms with Crippen LogP contribution in [0, 0.1) is 19.7 Å². The van der Waals surface area contributed by atoms with Crippen LogP contribution in [-0.4, -0.2) is 21.8 Å². The SMILES string of the molecule is COc1cccc(N2C(=S)N[C@H](c3ccccn3)[C@@H]2c2cc(C)n(-c3cccc(F)c3)c2C)c1. The summed E-state index contributed by atoms with van der Waals surface area (Å²) in [7, 11) is 1.65. The summed E-state index contributed by atoms with van der Waals surface area (Å²) in [6.07, 6.45) is 1.79. The van der Waals surface area contributed by atoms with E-state index in [-0.39, 0.29) is 17.9 Å². The lowest BCUT2D eigenvalue weighted by atomic mass is 9.96. The second kappa shape index (κ2) is 8.91. The minimum Gasteiger partial charge on any atom is -0.497 e. The molecule has 4 aromatic rings. The maximum atomic E-state index is 14.0. The van der Waals surface area contributed by atoms with E-state index in [0.29, 0.717) is 5.11 Å². The van der Waals surface area contributed by atoms with E-state index in [2.05, 4.69) is 32.8 Å². The number of methoxy groups -OCH3 is 1. The molecule has 0 saturated carbocycles. The molecule has 0 bridgehead atoms. The number of hydrogen-bond acceptors (Lipinski definition) is 3. The van der Waals surface area contributed by atoms with E-state index >= 15 is 0 Å². The van der Waals surface area contributed by atoms with Crippen LogP contribution < -0.4 is 15.0 Å². The van der Waals surface area contributed by atoms with Crippen molar-refractivity contribution in [1.82, 2.24) is 14.9 Å². The highest BCUT2D eigenvalue weighted by atomic mass is 32.1. The van der Waals surface area contributed by atoms with Crippen LogP contribution in [0.3, 0.4) is 0 Å². The molecule has 0 aliphatic carbocycles. The molecule has 0 unspecified atom stereocenters. The fourth-order valence-corrected chi connectivity index (χ4v) is 5.15. The molecule has 2 aromatic carbocycles. The van der Waals surface area contributed by atoms with Gasteiger partial charge in [0.2, 0.25) is 0 Å². The fraction of sp³-hybridized carbons (Fsp3) is 0.185. The molecule has 34 heavy (non-hydrogen) atoms. The minimum absolute atomic E-state index is 0.164. The molecular weight excluding hydrogens is 447 g/mol. The normalized spacial score (nSPS) is 17.6. The number of benzene rings is 2. The molecule has 1 aliphatic heterocycles. The van der Waals surface area contributed by atoms with Crippen molar-refractivity contribution in [3.05, 3.63) is 107 Å². The third kappa shape index (κ3) is 3.82. The van der Waals surface area contributed by atoms with E-state index in [9.17, 15) is 4.39 Å². The highest BCUT2D eigenvalue weighted by molar-refractivity contribution is 7.80. The van der Waals surface area contributed by atoms with E-state index < -0.39 is 0 Å². The zero-order valence-electron chi connectivity index (χ0n) is 19.2. The average Bonchev–Trinajstić information content (AvgIpc) is 3.34. The monoisotopic (exact) mass is 472 g/mol. The zero-order chi connectivity index (χ0) is 23.8. The molecule has 3 heterocycles. The summed E-state index contributed by atoms with van der Waals surface area (Å²) in [6, 6.07) is 22.3. The van der Waals surface area contributed by atoms with Gasteiger partial charge in [0, 0.05) is 35.0 Å². The standard InChI is InChI=1S/C27H25FN4OS/c1-17-14-23(18(2)31(17)20-9-6-8-19(28)15-20)26-25(24-12-4-5-13-29-24)30-27(34)32(26)21-10-7-11-22(16-21)33-3/h4-16,25-26H,1-3H3,(H,30,34)/t25-,26+/m1/s1. The van der Waals surface area contributed by atoms with E-state index in [1.807, 2.05) is 55.5 Å². The Morgan fingerprint density at radius 3 is 2.50 bits per heavy atom. The van der Waals surface area contributed by atoms with Gasteiger partial charge in [0.05, 0.1) is 24.9 Å². The van der Waals surface area contributed by atoms with Crippen molar-refractivity contribution in [3.8, 4) is 11.4 Å². The number of aromatic nitrogens is 2. The molecule has 0 spiro atoms. The van der Waals surface area contributed by atoms with Crippen LogP contribution >= 0.6 is 12.2 Å². The van der Waals surface area contributed by atoms with Crippen LogP contribution in [0.2, 0.25) is 0 Å². The summed E-state index contributed by atoms with van der Waals surface area (Å²) < 4.78 is 21.6. The predicted molar refractivity (Wildman–Crippen MR) is 136 cm³/mol. The molecular formula is C27H25FN4OS. The van der Waals surface area contributed by atoms with E-state index in [1.165, 1.54) is 6.07 Å². The number of aryl methyl sites for hydroxylation is 1. The van der Waals surface area contributed by atoms with Crippen molar-refractivity contribution >= 4 is 23.0 Å². The van der Waals surface area contributed by atoms with Gasteiger partial charge in [-0.15, -0.1) is 0 Å². The number of rotatable bonds is 5. The van der Waals surface area contributed by atoms with Crippen molar-refractivity contribution in [3.63, 3.8) is 0 Å². The Balaban J connectivity index is 1.69. The molecule has 2 aromatic heterocycles. The summed E-state index contributed by atoms with van der Waals surface area (Å²) in [5.74, 6) is 0.491. The minimum atomic E-state index is -0.264. The first-order valence-corrected chi connectivity index (χ1v) is 11.5. The van der Waals surface area contributed by atoms with Gasteiger partial charge in [-0.25, -0.2) is 4.39 Å². The Labute approximate surface area is 203 Å². The number of hydrogen-bond donors (Lipinski definition) is 1. The largest absolute Gasteiger partial charge is 0.497 e. The zero-order valence-corrected chi connectivity index (χ0v) is 20.0. The summed E-state index contributed by atoms with van der Waals surface area (Å²) in [6.45, 7) is 4.10. The third-order valence-electron chi connectivity index (χ3n) is 6.28. The Morgan fingerprint density at radius 2 is 1.76 bits per heavy atom. The van der Waals surface area contributed by atoms with Crippen LogP contribution in [0.25, 0.3) is 5.69 Å². The van der Waals surface area contributed by atoms with Crippen LogP contribution in [0.4, 0.5) is 10.1 Å². The molecule has 1 aliphatic rings. The third-order valence-corrected chi connectivity index (χ3v) is 6.60. The van der Waals surface area contributed by atoms with Gasteiger partial charge in [0.25, 0.3) is 0 Å². The first-order valence-electron chi connectivity index (χ1n) is 11.1. The van der Waals surface area contributed by atoms with Crippen molar-refractivity contribution in [2.45, 2.75) is 25.9 Å². The molecule has 1 fully saturated rings. The molecule has 0 radical (unpaired) electrons. The molecule has 0 amide bonds. The van der Waals surface area contributed by atoms with Crippen molar-refractivity contribution in [2.75, 3.05) is 12.0 Å². The predicted octanol–water partition coefficient (Wildman–Crippen LogP) is 5.81. The number of halogens is 1. The summed E-state index contributed by atoms with van der Waals surface area (Å²) in [5.41, 5.74) is 5.74. The molecule has 172 valence electrons. The number of nitrogens with zero attached hydrogens (tertiary/aromatic N) is 3. The van der Waals surface area contributed by atoms with Gasteiger partial charge in [0.15, 0.2) is 5.11 Å². The number of anilines is 1. The van der Waals surface area contributed by atoms with E-state index in [1.54, 1.807) is 25.4 Å². The maximum absolute atomic E-state index is 14.0. The van der Waals surface area contributed by atoms with Gasteiger partial charge in [0.1, 0.15) is 11.6 Å². The second-order valence-electron chi connectivity index (χ2n) is 8.34. The quantitative estimate of drug-likeness (QED) is 0.371. The summed E-state index contributed by atoms with van der Waals surface area (Å²) in [4.78, 5) is 6.75. The van der Waals surface area contributed by atoms with Gasteiger partial charge < -0.3 is 19.5 Å². The van der Waals surface area contributed by atoms with Crippen LogP contribution in [0.5, 0.6) is 5.75 Å².